The lowest BCUT2D eigenvalue weighted by Gasteiger charge is -2.34. The largest absolute Gasteiger partial charge is 0.489 e. The average molecular weight is 439 g/mol. The number of para-hydroxylation sites is 1. The van der Waals surface area contributed by atoms with Crippen molar-refractivity contribution in [3.63, 3.8) is 0 Å². The van der Waals surface area contributed by atoms with Crippen molar-refractivity contribution in [2.75, 3.05) is 0 Å². The van der Waals surface area contributed by atoms with Crippen LogP contribution in [0.1, 0.15) is 24.0 Å². The van der Waals surface area contributed by atoms with Crippen molar-refractivity contribution in [2.45, 2.75) is 25.9 Å². The van der Waals surface area contributed by atoms with E-state index in [1.807, 2.05) is 48.5 Å². The van der Waals surface area contributed by atoms with Gasteiger partial charge < -0.3 is 4.74 Å². The molecule has 0 aliphatic heterocycles. The molecule has 1 unspecified atom stereocenters. The molecule has 33 heavy (non-hydrogen) atoms. The fourth-order valence-corrected chi connectivity index (χ4v) is 4.55. The molecular formula is C28H26N2O3. The predicted octanol–water partition coefficient (Wildman–Crippen LogP) is 5.55. The second-order valence-corrected chi connectivity index (χ2v) is 8.61. The highest BCUT2D eigenvalue weighted by Crippen LogP contribution is 2.37. The summed E-state index contributed by atoms with van der Waals surface area (Å²) in [5, 5.41) is 9.96. The van der Waals surface area contributed by atoms with E-state index in [1.54, 1.807) is 5.48 Å². The molecule has 1 heterocycles. The summed E-state index contributed by atoms with van der Waals surface area (Å²) in [5.74, 6) is 0.720. The zero-order valence-electron chi connectivity index (χ0n) is 18.3. The first-order valence-electron chi connectivity index (χ1n) is 11.3. The van der Waals surface area contributed by atoms with Crippen molar-refractivity contribution in [1.82, 2.24) is 10.5 Å². The van der Waals surface area contributed by atoms with Crippen LogP contribution in [0.3, 0.4) is 0 Å². The molecule has 2 N–H and O–H groups in total. The summed E-state index contributed by atoms with van der Waals surface area (Å²) in [5.41, 5.74) is 7.02. The lowest BCUT2D eigenvalue weighted by atomic mass is 9.70. The average Bonchev–Trinajstić information content (AvgIpc) is 2.86. The number of hydroxylamine groups is 1. The second kappa shape index (κ2) is 9.43. The third-order valence-corrected chi connectivity index (χ3v) is 6.55. The van der Waals surface area contributed by atoms with Crippen LogP contribution in [0.15, 0.2) is 84.9 Å². The molecule has 4 aromatic rings. The molecule has 1 saturated carbocycles. The number of rotatable bonds is 7. The third-order valence-electron chi connectivity index (χ3n) is 6.55. The molecule has 1 amide bonds. The van der Waals surface area contributed by atoms with E-state index in [2.05, 4.69) is 36.4 Å². The molecule has 0 bridgehead atoms. The summed E-state index contributed by atoms with van der Waals surface area (Å²) in [7, 11) is 0. The van der Waals surface area contributed by atoms with Gasteiger partial charge >= 0.3 is 0 Å². The molecule has 5 rings (SSSR count). The maximum atomic E-state index is 11.7. The lowest BCUT2D eigenvalue weighted by Crippen LogP contribution is -2.40. The molecule has 3 aromatic carbocycles. The van der Waals surface area contributed by atoms with Crippen molar-refractivity contribution in [2.24, 2.45) is 11.8 Å². The van der Waals surface area contributed by atoms with Crippen molar-refractivity contribution in [3.8, 4) is 17.0 Å². The van der Waals surface area contributed by atoms with E-state index in [0.29, 0.717) is 6.61 Å². The number of fused-ring (bicyclic) bond motifs is 1. The number of carbonyl (C=O) groups excluding carboxylic acids is 1. The molecule has 0 saturated heterocycles. The van der Waals surface area contributed by atoms with E-state index >= 15 is 0 Å². The number of amides is 1. The fourth-order valence-electron chi connectivity index (χ4n) is 4.55. The molecule has 0 radical (unpaired) electrons. The summed E-state index contributed by atoms with van der Waals surface area (Å²) < 4.78 is 6.14. The normalized spacial score (nSPS) is 17.4. The van der Waals surface area contributed by atoms with Gasteiger partial charge in [0.1, 0.15) is 12.4 Å². The highest BCUT2D eigenvalue weighted by molar-refractivity contribution is 5.85. The maximum absolute atomic E-state index is 11.7. The minimum Gasteiger partial charge on any atom is -0.489 e. The Balaban J connectivity index is 1.30. The van der Waals surface area contributed by atoms with Gasteiger partial charge in [0.05, 0.1) is 11.2 Å². The van der Waals surface area contributed by atoms with Crippen LogP contribution in [0.4, 0.5) is 0 Å². The summed E-state index contributed by atoms with van der Waals surface area (Å²) in [6.07, 6.45) is 2.67. The van der Waals surface area contributed by atoms with Crippen LogP contribution in [0.25, 0.3) is 22.2 Å². The first-order valence-corrected chi connectivity index (χ1v) is 11.3. The van der Waals surface area contributed by atoms with Crippen LogP contribution >= 0.6 is 0 Å². The molecule has 5 heteroatoms. The van der Waals surface area contributed by atoms with Gasteiger partial charge in [-0.25, -0.2) is 10.5 Å². The molecule has 166 valence electrons. The van der Waals surface area contributed by atoms with Gasteiger partial charge in [-0.05, 0) is 55.0 Å². The first kappa shape index (κ1) is 21.2. The Kier molecular flexibility index (Phi) is 6.05. The Hall–Kier alpha value is -3.70. The zero-order valence-corrected chi connectivity index (χ0v) is 18.3. The number of nitrogens with zero attached hydrogens (tertiary/aromatic N) is 1. The van der Waals surface area contributed by atoms with Gasteiger partial charge in [-0.2, -0.15) is 0 Å². The van der Waals surface area contributed by atoms with Gasteiger partial charge in [0.15, 0.2) is 0 Å². The number of carbonyl (C=O) groups is 1. The minimum atomic E-state index is -0.273. The number of nitrogens with one attached hydrogen (secondary N) is 1. The molecule has 5 nitrogen and oxygen atoms in total. The van der Waals surface area contributed by atoms with E-state index in [1.165, 1.54) is 5.56 Å². The molecule has 1 fully saturated rings. The van der Waals surface area contributed by atoms with Crippen LogP contribution in [-0.4, -0.2) is 16.1 Å². The number of hydrogen-bond acceptors (Lipinski definition) is 4. The molecule has 1 aromatic heterocycles. The fraction of sp³-hybridized carbons (Fsp3) is 0.214. The van der Waals surface area contributed by atoms with Gasteiger partial charge in [0.25, 0.3) is 0 Å². The van der Waals surface area contributed by atoms with Crippen molar-refractivity contribution in [3.05, 3.63) is 96.1 Å². The van der Waals surface area contributed by atoms with Crippen LogP contribution < -0.4 is 10.2 Å². The SMILES string of the molecule is O=C(NO)[C@H]1CCC1Cc1ccc(OCc2cc(-c3ccccc3)nc3ccccc23)cc1. The summed E-state index contributed by atoms with van der Waals surface area (Å²) in [6, 6.07) is 28.5. The van der Waals surface area contributed by atoms with Crippen molar-refractivity contribution in [1.29, 1.82) is 0 Å². The topological polar surface area (TPSA) is 71.5 Å². The summed E-state index contributed by atoms with van der Waals surface area (Å²) >= 11 is 0. The molecule has 1 aliphatic carbocycles. The minimum absolute atomic E-state index is 0.0929. The van der Waals surface area contributed by atoms with E-state index in [-0.39, 0.29) is 17.7 Å². The van der Waals surface area contributed by atoms with Gasteiger partial charge in [-0.3, -0.25) is 10.0 Å². The predicted molar refractivity (Wildman–Crippen MR) is 128 cm³/mol. The first-order chi connectivity index (χ1) is 16.2. The standard InChI is InChI=1S/C28H26N2O3/c31-28(30-32)25-15-12-21(25)16-19-10-13-23(14-11-19)33-18-22-17-27(20-6-2-1-3-7-20)29-26-9-5-4-8-24(22)26/h1-11,13-14,17,21,25,32H,12,15-16,18H2,(H,30,31)/t21?,25-/m0/s1. The Morgan fingerprint density at radius 1 is 0.970 bits per heavy atom. The quantitative estimate of drug-likeness (QED) is 0.293. The Morgan fingerprint density at radius 2 is 1.73 bits per heavy atom. The van der Waals surface area contributed by atoms with Crippen LogP contribution in [-0.2, 0) is 17.8 Å². The number of ether oxygens (including phenoxy) is 1. The van der Waals surface area contributed by atoms with Crippen LogP contribution in [0, 0.1) is 11.8 Å². The highest BCUT2D eigenvalue weighted by Gasteiger charge is 2.36. The Labute approximate surface area is 193 Å². The Morgan fingerprint density at radius 3 is 2.45 bits per heavy atom. The van der Waals surface area contributed by atoms with E-state index in [9.17, 15) is 4.79 Å². The molecule has 0 spiro atoms. The van der Waals surface area contributed by atoms with Gasteiger partial charge in [-0.1, -0.05) is 60.7 Å². The lowest BCUT2D eigenvalue weighted by molar-refractivity contribution is -0.138. The van der Waals surface area contributed by atoms with E-state index in [0.717, 1.165) is 52.7 Å². The van der Waals surface area contributed by atoms with Crippen molar-refractivity contribution < 1.29 is 14.7 Å². The zero-order chi connectivity index (χ0) is 22.6. The van der Waals surface area contributed by atoms with Gasteiger partial charge in [0.2, 0.25) is 5.91 Å². The van der Waals surface area contributed by atoms with E-state index < -0.39 is 0 Å². The number of pyridine rings is 1. The van der Waals surface area contributed by atoms with E-state index in [4.69, 9.17) is 14.9 Å². The van der Waals surface area contributed by atoms with Crippen LogP contribution in [0.2, 0.25) is 0 Å². The molecular weight excluding hydrogens is 412 g/mol. The third kappa shape index (κ3) is 4.59. The second-order valence-electron chi connectivity index (χ2n) is 8.61. The highest BCUT2D eigenvalue weighted by atomic mass is 16.5. The van der Waals surface area contributed by atoms with Crippen LogP contribution in [0.5, 0.6) is 5.75 Å². The van der Waals surface area contributed by atoms with Gasteiger partial charge in [-0.15, -0.1) is 0 Å². The Bertz CT molecular complexity index is 1260. The number of aromatic nitrogens is 1. The number of hydrogen-bond donors (Lipinski definition) is 2. The summed E-state index contributed by atoms with van der Waals surface area (Å²) in [6.45, 7) is 0.448. The van der Waals surface area contributed by atoms with Gasteiger partial charge in [0, 0.05) is 22.4 Å². The maximum Gasteiger partial charge on any atom is 0.246 e. The van der Waals surface area contributed by atoms with Crippen molar-refractivity contribution >= 4 is 16.8 Å². The smallest absolute Gasteiger partial charge is 0.246 e. The summed E-state index contributed by atoms with van der Waals surface area (Å²) in [4.78, 5) is 16.5. The molecule has 2 atom stereocenters. The monoisotopic (exact) mass is 438 g/mol. The molecule has 1 aliphatic rings. The number of benzene rings is 3.